The third kappa shape index (κ3) is 3.55. The summed E-state index contributed by atoms with van der Waals surface area (Å²) >= 11 is 3.56. The van der Waals surface area contributed by atoms with Crippen LogP contribution in [0.2, 0.25) is 0 Å². The second kappa shape index (κ2) is 9.04. The van der Waals surface area contributed by atoms with Crippen LogP contribution < -0.4 is 26.0 Å². The molecule has 4 rings (SSSR count). The number of benzene rings is 4. The summed E-state index contributed by atoms with van der Waals surface area (Å²) in [6.07, 6.45) is 0. The second-order valence-corrected chi connectivity index (χ2v) is 13.6. The predicted octanol–water partition coefficient (Wildman–Crippen LogP) is 5.37. The van der Waals surface area contributed by atoms with Crippen LogP contribution in [0.4, 0.5) is 0 Å². The number of phenols is 1. The third-order valence-corrected chi connectivity index (χ3v) is 13.0. The zero-order valence-corrected chi connectivity index (χ0v) is 20.7. The molecule has 0 radical (unpaired) electrons. The summed E-state index contributed by atoms with van der Waals surface area (Å²) in [6.45, 7) is -0.996. The Bertz CT molecular complexity index is 1070. The molecule has 0 fully saturated rings. The number of ether oxygens (including phenoxy) is 1. The van der Waals surface area contributed by atoms with Gasteiger partial charge in [0.05, 0.1) is 0 Å². The fourth-order valence-corrected chi connectivity index (χ4v) is 10.5. The Hall–Kier alpha value is -2.32. The van der Waals surface area contributed by atoms with E-state index in [0.29, 0.717) is 10.2 Å². The molecule has 0 atom stereocenters. The van der Waals surface area contributed by atoms with Crippen molar-refractivity contribution < 1.29 is 9.84 Å². The first-order valence-electron chi connectivity index (χ1n) is 9.75. The van der Waals surface area contributed by atoms with Crippen LogP contribution in [-0.4, -0.2) is 18.9 Å². The third-order valence-electron chi connectivity index (χ3n) is 6.06. The number of aromatic hydroxyl groups is 1. The van der Waals surface area contributed by atoms with Crippen LogP contribution in [0, 0.1) is 0 Å². The fourth-order valence-electron chi connectivity index (χ4n) is 4.37. The Morgan fingerprint density at radius 3 is 1.45 bits per heavy atom. The van der Waals surface area contributed by atoms with Gasteiger partial charge < -0.3 is 0 Å². The summed E-state index contributed by atoms with van der Waals surface area (Å²) in [6, 6.07) is 35.3. The molecule has 4 aromatic rings. The summed E-state index contributed by atoms with van der Waals surface area (Å²) in [5, 5.41) is 15.8. The largest absolute Gasteiger partial charge is 0.147 e. The normalized spacial score (nSPS) is 12.3. The monoisotopic (exact) mass is 514 g/mol. The van der Waals surface area contributed by atoms with Crippen LogP contribution in [0.1, 0.15) is 0 Å². The molecule has 0 aliphatic heterocycles. The second-order valence-electron chi connectivity index (χ2n) is 7.55. The van der Waals surface area contributed by atoms with E-state index >= 15 is 0 Å². The topological polar surface area (TPSA) is 29.5 Å². The molecule has 0 saturated heterocycles. The maximum absolute atomic E-state index is 11.4. The van der Waals surface area contributed by atoms with Gasteiger partial charge >= 0.3 is 186 Å². The molecule has 0 aliphatic rings. The summed E-state index contributed by atoms with van der Waals surface area (Å²) in [4.78, 5) is 0. The molecule has 0 aliphatic carbocycles. The van der Waals surface area contributed by atoms with E-state index in [1.54, 1.807) is 13.2 Å². The minimum absolute atomic E-state index is 0. The Morgan fingerprint density at radius 1 is 0.710 bits per heavy atom. The summed E-state index contributed by atoms with van der Waals surface area (Å²) in [7, 11) is 1.65. The average molecular weight is 516 g/mol. The molecule has 0 unspecified atom stereocenters. The molecule has 1 N–H and O–H groups in total. The van der Waals surface area contributed by atoms with Gasteiger partial charge in [0.25, 0.3) is 0 Å². The maximum atomic E-state index is 11.4. The van der Waals surface area contributed by atoms with Crippen molar-refractivity contribution in [2.24, 2.45) is 0 Å². The minimum Gasteiger partial charge on any atom is -0.147 e. The van der Waals surface area contributed by atoms with E-state index in [-0.39, 0.29) is 18.2 Å². The van der Waals surface area contributed by atoms with Crippen molar-refractivity contribution in [2.75, 3.05) is 13.8 Å². The zero-order valence-electron chi connectivity index (χ0n) is 17.4. The van der Waals surface area contributed by atoms with Crippen LogP contribution >= 0.6 is 34.9 Å². The van der Waals surface area contributed by atoms with Crippen molar-refractivity contribution in [3.63, 3.8) is 0 Å². The molecule has 4 aromatic carbocycles. The summed E-state index contributed by atoms with van der Waals surface area (Å²) in [5.74, 6) is 0.945. The standard InChI is InChI=1S/C26H24BrO2P.ClH/c1-29-20-18-24(27)26(28)25(19-20)30(2,21-12-6-3-7-13-21,22-14-8-4-9-15-22)23-16-10-5-11-17-23;/h3-19,28H,1-2H3;1H. The van der Waals surface area contributed by atoms with E-state index in [9.17, 15) is 5.11 Å². The Labute approximate surface area is 198 Å². The van der Waals surface area contributed by atoms with E-state index in [1.165, 1.54) is 15.9 Å². The maximum Gasteiger partial charge on any atom is -0.147 e. The Kier molecular flexibility index (Phi) is 6.81. The van der Waals surface area contributed by atoms with E-state index in [4.69, 9.17) is 4.74 Å². The van der Waals surface area contributed by atoms with Crippen molar-refractivity contribution in [3.8, 4) is 11.5 Å². The van der Waals surface area contributed by atoms with Gasteiger partial charge in [0.1, 0.15) is 0 Å². The van der Waals surface area contributed by atoms with Gasteiger partial charge in [-0.05, 0) is 0 Å². The number of halogens is 2. The number of phenolic OH excluding ortho intramolecular Hbond substituents is 1. The quantitative estimate of drug-likeness (QED) is 0.362. The molecular weight excluding hydrogens is 491 g/mol. The Morgan fingerprint density at radius 2 is 1.10 bits per heavy atom. The van der Waals surface area contributed by atoms with Gasteiger partial charge in [-0.2, -0.15) is 0 Å². The molecule has 0 heterocycles. The summed E-state index contributed by atoms with van der Waals surface area (Å²) in [5.41, 5.74) is 0. The first-order valence-corrected chi connectivity index (χ1v) is 13.2. The van der Waals surface area contributed by atoms with E-state index in [2.05, 4.69) is 95.4 Å². The van der Waals surface area contributed by atoms with E-state index < -0.39 is 6.60 Å². The van der Waals surface area contributed by atoms with Gasteiger partial charge in [-0.25, -0.2) is 0 Å². The Balaban J connectivity index is 0.00000272. The molecule has 160 valence electrons. The molecule has 5 heteroatoms. The number of hydrogen-bond acceptors (Lipinski definition) is 2. The van der Waals surface area contributed by atoms with Crippen LogP contribution in [0.15, 0.2) is 108 Å². The van der Waals surface area contributed by atoms with Crippen LogP contribution in [0.5, 0.6) is 11.5 Å². The molecule has 0 spiro atoms. The molecule has 0 amide bonds. The van der Waals surface area contributed by atoms with Gasteiger partial charge in [0.15, 0.2) is 0 Å². The minimum atomic E-state index is -3.31. The van der Waals surface area contributed by atoms with Gasteiger partial charge in [-0.15, -0.1) is 12.4 Å². The van der Waals surface area contributed by atoms with Crippen molar-refractivity contribution in [3.05, 3.63) is 108 Å². The molecule has 2 nitrogen and oxygen atoms in total. The van der Waals surface area contributed by atoms with E-state index in [0.717, 1.165) is 5.30 Å². The number of methoxy groups -OCH3 is 1. The first kappa shape index (κ1) is 23.3. The van der Waals surface area contributed by atoms with Crippen molar-refractivity contribution in [1.82, 2.24) is 0 Å². The van der Waals surface area contributed by atoms with Crippen LogP contribution in [-0.2, 0) is 0 Å². The molecular formula is C26H25BrClO2P. The predicted molar refractivity (Wildman–Crippen MR) is 140 cm³/mol. The number of hydrogen-bond donors (Lipinski definition) is 1. The number of rotatable bonds is 5. The molecule has 0 saturated carbocycles. The van der Waals surface area contributed by atoms with Gasteiger partial charge in [0, 0.05) is 0 Å². The summed E-state index contributed by atoms with van der Waals surface area (Å²) < 4.78 is 6.24. The SMILES string of the molecule is COc1cc(Br)c(O)c(P(C)(c2ccccc2)(c2ccccc2)c2ccccc2)c1.Cl. The van der Waals surface area contributed by atoms with Crippen LogP contribution in [0.3, 0.4) is 0 Å². The van der Waals surface area contributed by atoms with Gasteiger partial charge in [0.2, 0.25) is 0 Å². The van der Waals surface area contributed by atoms with Crippen molar-refractivity contribution in [2.45, 2.75) is 0 Å². The fraction of sp³-hybridized carbons (Fsp3) is 0.0769. The van der Waals surface area contributed by atoms with Gasteiger partial charge in [-0.3, -0.25) is 0 Å². The zero-order chi connectivity index (χ0) is 21.2. The molecule has 0 bridgehead atoms. The average Bonchev–Trinajstić information content (AvgIpc) is 2.82. The molecule has 0 aromatic heterocycles. The van der Waals surface area contributed by atoms with Crippen molar-refractivity contribution in [1.29, 1.82) is 0 Å². The van der Waals surface area contributed by atoms with Crippen molar-refractivity contribution >= 4 is 56.2 Å². The van der Waals surface area contributed by atoms with E-state index in [1.807, 2.05) is 24.3 Å². The van der Waals surface area contributed by atoms with Gasteiger partial charge in [-0.1, -0.05) is 0 Å². The molecule has 31 heavy (non-hydrogen) atoms. The smallest absolute Gasteiger partial charge is 0.147 e. The first-order chi connectivity index (χ1) is 14.5. The van der Waals surface area contributed by atoms with Crippen LogP contribution in [0.25, 0.3) is 0 Å².